The van der Waals surface area contributed by atoms with Crippen molar-refractivity contribution in [1.29, 1.82) is 0 Å². The highest BCUT2D eigenvalue weighted by Crippen LogP contribution is 2.23. The normalized spacial score (nSPS) is 29.7. The number of aliphatic hydroxyl groups excluding tert-OH is 2. The van der Waals surface area contributed by atoms with Crippen LogP contribution in [-0.4, -0.2) is 56.9 Å². The molecule has 0 saturated carbocycles. The summed E-state index contributed by atoms with van der Waals surface area (Å²) in [5, 5.41) is 19.3. The zero-order valence-electron chi connectivity index (χ0n) is 11.7. The molecule has 0 aliphatic carbocycles. The Morgan fingerprint density at radius 3 is 2.33 bits per heavy atom. The second-order valence-corrected chi connectivity index (χ2v) is 6.43. The number of benzene rings is 1. The molecule has 1 saturated heterocycles. The van der Waals surface area contributed by atoms with Gasteiger partial charge in [-0.1, -0.05) is 17.7 Å². The fraction of sp³-hybridized carbons (Fsp3) is 0.538. The quantitative estimate of drug-likeness (QED) is 0.724. The zero-order valence-corrected chi connectivity index (χ0v) is 12.5. The molecule has 1 heterocycles. The first-order valence-electron chi connectivity index (χ1n) is 6.35. The van der Waals surface area contributed by atoms with Gasteiger partial charge in [0.2, 0.25) is 0 Å². The van der Waals surface area contributed by atoms with Crippen LogP contribution in [0.3, 0.4) is 0 Å². The summed E-state index contributed by atoms with van der Waals surface area (Å²) in [4.78, 5) is 0.0180. The van der Waals surface area contributed by atoms with E-state index in [-0.39, 0.29) is 4.90 Å². The van der Waals surface area contributed by atoms with Crippen LogP contribution < -0.4 is 0 Å². The van der Waals surface area contributed by atoms with Gasteiger partial charge in [-0.05, 0) is 19.1 Å². The number of rotatable bonds is 5. The second kappa shape index (κ2) is 6.39. The maximum Gasteiger partial charge on any atom is 0.297 e. The van der Waals surface area contributed by atoms with Crippen molar-refractivity contribution in [2.24, 2.45) is 0 Å². The van der Waals surface area contributed by atoms with Crippen molar-refractivity contribution in [3.8, 4) is 0 Å². The van der Waals surface area contributed by atoms with Gasteiger partial charge in [0.15, 0.2) is 6.29 Å². The molecule has 2 N–H and O–H groups in total. The lowest BCUT2D eigenvalue weighted by Gasteiger charge is -2.14. The van der Waals surface area contributed by atoms with E-state index < -0.39 is 41.3 Å². The Morgan fingerprint density at radius 1 is 1.19 bits per heavy atom. The van der Waals surface area contributed by atoms with Gasteiger partial charge in [0, 0.05) is 7.11 Å². The van der Waals surface area contributed by atoms with Gasteiger partial charge >= 0.3 is 0 Å². The number of ether oxygens (including phenoxy) is 2. The number of hydrogen-bond acceptors (Lipinski definition) is 7. The maximum atomic E-state index is 12.0. The first-order chi connectivity index (χ1) is 9.85. The molecule has 4 atom stereocenters. The standard InChI is InChI=1S/C13H18O7S/c1-8-3-5-9(6-4-8)21(16,17)19-7-10-11(14)12(15)13(18-2)20-10/h3-6,10-15H,7H2,1-2H3/t10-,11+,12-,13-/m1/s1. The van der Waals surface area contributed by atoms with Gasteiger partial charge in [-0.3, -0.25) is 4.18 Å². The molecule has 0 radical (unpaired) electrons. The van der Waals surface area contributed by atoms with Crippen molar-refractivity contribution in [2.75, 3.05) is 13.7 Å². The summed E-state index contributed by atoms with van der Waals surface area (Å²) in [5.74, 6) is 0. The molecule has 2 rings (SSSR count). The maximum absolute atomic E-state index is 12.0. The van der Waals surface area contributed by atoms with Crippen LogP contribution in [0.5, 0.6) is 0 Å². The van der Waals surface area contributed by atoms with Crippen LogP contribution in [0.2, 0.25) is 0 Å². The highest BCUT2D eigenvalue weighted by atomic mass is 32.2. The predicted octanol–water partition coefficient (Wildman–Crippen LogP) is -0.207. The Balaban J connectivity index is 2.01. The molecule has 8 heteroatoms. The molecular weight excluding hydrogens is 300 g/mol. The fourth-order valence-corrected chi connectivity index (χ4v) is 2.90. The van der Waals surface area contributed by atoms with Crippen LogP contribution in [0.15, 0.2) is 29.2 Å². The van der Waals surface area contributed by atoms with E-state index in [9.17, 15) is 18.6 Å². The molecule has 0 aromatic heterocycles. The highest BCUT2D eigenvalue weighted by molar-refractivity contribution is 7.86. The first kappa shape index (κ1) is 16.3. The van der Waals surface area contributed by atoms with Gasteiger partial charge in [0.05, 0.1) is 11.5 Å². The summed E-state index contributed by atoms with van der Waals surface area (Å²) in [6, 6.07) is 6.18. The van der Waals surface area contributed by atoms with Crippen molar-refractivity contribution in [3.63, 3.8) is 0 Å². The first-order valence-corrected chi connectivity index (χ1v) is 7.76. The third-order valence-corrected chi connectivity index (χ3v) is 4.54. The second-order valence-electron chi connectivity index (χ2n) is 4.81. The minimum atomic E-state index is -3.94. The van der Waals surface area contributed by atoms with Crippen molar-refractivity contribution in [1.82, 2.24) is 0 Å². The van der Waals surface area contributed by atoms with E-state index in [0.29, 0.717) is 0 Å². The number of aliphatic hydroxyl groups is 2. The molecule has 0 unspecified atom stereocenters. The lowest BCUT2D eigenvalue weighted by Crippen LogP contribution is -2.35. The van der Waals surface area contributed by atoms with Crippen LogP contribution in [0.25, 0.3) is 0 Å². The molecule has 0 spiro atoms. The number of hydrogen-bond donors (Lipinski definition) is 2. The van der Waals surface area contributed by atoms with Gasteiger partial charge in [0.1, 0.15) is 18.3 Å². The van der Waals surface area contributed by atoms with E-state index in [0.717, 1.165) is 5.56 Å². The van der Waals surface area contributed by atoms with Gasteiger partial charge in [-0.25, -0.2) is 0 Å². The number of aryl methyl sites for hydroxylation is 1. The molecule has 1 fully saturated rings. The van der Waals surface area contributed by atoms with Crippen LogP contribution in [0, 0.1) is 6.92 Å². The summed E-state index contributed by atoms with van der Waals surface area (Å²) in [6.07, 6.45) is -4.50. The Kier molecular flexibility index (Phi) is 4.97. The zero-order chi connectivity index (χ0) is 15.6. The van der Waals surface area contributed by atoms with Crippen molar-refractivity contribution < 1.29 is 32.3 Å². The van der Waals surface area contributed by atoms with Crippen molar-refractivity contribution >= 4 is 10.1 Å². The van der Waals surface area contributed by atoms with E-state index in [1.165, 1.54) is 19.2 Å². The number of methoxy groups -OCH3 is 1. The third-order valence-electron chi connectivity index (χ3n) is 3.25. The van der Waals surface area contributed by atoms with Crippen molar-refractivity contribution in [2.45, 2.75) is 36.4 Å². The lowest BCUT2D eigenvalue weighted by atomic mass is 10.1. The molecule has 21 heavy (non-hydrogen) atoms. The summed E-state index contributed by atoms with van der Waals surface area (Å²) in [6.45, 7) is 1.43. The average molecular weight is 318 g/mol. The Morgan fingerprint density at radius 2 is 1.81 bits per heavy atom. The molecule has 1 aromatic rings. The predicted molar refractivity (Wildman–Crippen MR) is 72.0 cm³/mol. The smallest absolute Gasteiger partial charge is 0.297 e. The minimum absolute atomic E-state index is 0.0180. The van der Waals surface area contributed by atoms with Gasteiger partial charge in [-0.15, -0.1) is 0 Å². The minimum Gasteiger partial charge on any atom is -0.387 e. The largest absolute Gasteiger partial charge is 0.387 e. The molecule has 1 aliphatic heterocycles. The summed E-state index contributed by atoms with van der Waals surface area (Å²) in [7, 11) is -2.63. The van der Waals surface area contributed by atoms with E-state index in [1.54, 1.807) is 12.1 Å². The molecule has 1 aliphatic rings. The van der Waals surface area contributed by atoms with Gasteiger partial charge in [0.25, 0.3) is 10.1 Å². The Labute approximate surface area is 123 Å². The Hall–Kier alpha value is -1.03. The molecular formula is C13H18O7S. The summed E-state index contributed by atoms with van der Waals surface area (Å²) in [5.41, 5.74) is 0.926. The lowest BCUT2D eigenvalue weighted by molar-refractivity contribution is -0.151. The molecule has 7 nitrogen and oxygen atoms in total. The molecule has 0 amide bonds. The topological polar surface area (TPSA) is 102 Å². The monoisotopic (exact) mass is 318 g/mol. The van der Waals surface area contributed by atoms with Crippen LogP contribution in [-0.2, 0) is 23.8 Å². The summed E-state index contributed by atoms with van der Waals surface area (Å²) < 4.78 is 38.8. The summed E-state index contributed by atoms with van der Waals surface area (Å²) >= 11 is 0. The molecule has 118 valence electrons. The van der Waals surface area contributed by atoms with Crippen LogP contribution in [0.1, 0.15) is 5.56 Å². The fourth-order valence-electron chi connectivity index (χ4n) is 1.98. The van der Waals surface area contributed by atoms with Crippen LogP contribution in [0.4, 0.5) is 0 Å². The van der Waals surface area contributed by atoms with Gasteiger partial charge in [-0.2, -0.15) is 8.42 Å². The highest BCUT2D eigenvalue weighted by Gasteiger charge is 2.43. The third kappa shape index (κ3) is 3.60. The average Bonchev–Trinajstić information content (AvgIpc) is 2.73. The van der Waals surface area contributed by atoms with Gasteiger partial charge < -0.3 is 19.7 Å². The molecule has 0 bridgehead atoms. The molecule has 1 aromatic carbocycles. The van der Waals surface area contributed by atoms with E-state index >= 15 is 0 Å². The van der Waals surface area contributed by atoms with E-state index in [4.69, 9.17) is 13.7 Å². The SMILES string of the molecule is CO[C@@H]1O[C@H](COS(=O)(=O)c2ccc(C)cc2)[C@H](O)[C@H]1O. The van der Waals surface area contributed by atoms with Crippen LogP contribution >= 0.6 is 0 Å². The Bertz CT molecular complexity index is 569. The van der Waals surface area contributed by atoms with E-state index in [2.05, 4.69) is 0 Å². The van der Waals surface area contributed by atoms with Crippen molar-refractivity contribution in [3.05, 3.63) is 29.8 Å². The van der Waals surface area contributed by atoms with E-state index in [1.807, 2.05) is 6.92 Å².